The first-order valence-corrected chi connectivity index (χ1v) is 7.54. The molecule has 120 valence electrons. The number of piperidine rings is 1. The van der Waals surface area contributed by atoms with Crippen molar-refractivity contribution in [1.82, 2.24) is 10.2 Å². The van der Waals surface area contributed by atoms with Crippen LogP contribution in [0.2, 0.25) is 0 Å². The molecule has 1 amide bonds. The Kier molecular flexibility index (Phi) is 3.89. The maximum absolute atomic E-state index is 12.7. The standard InChI is InChI=1S/C16H19F3N2O/c1-21-13-5-6-14(21)9-12(8-13)20-15(22)10-3-2-4-11(7-10)16(17,18)19/h2-4,7,12-14H,5-6,8-9H2,1H3,(H,20,22)/t13-,14-/m0/s1. The molecule has 2 heterocycles. The van der Waals surface area contributed by atoms with Gasteiger partial charge in [0, 0.05) is 23.7 Å². The molecule has 2 atom stereocenters. The number of amides is 1. The lowest BCUT2D eigenvalue weighted by molar-refractivity contribution is -0.137. The van der Waals surface area contributed by atoms with Crippen LogP contribution < -0.4 is 5.32 Å². The summed E-state index contributed by atoms with van der Waals surface area (Å²) < 4.78 is 38.1. The molecule has 3 rings (SSSR count). The molecule has 0 radical (unpaired) electrons. The summed E-state index contributed by atoms with van der Waals surface area (Å²) >= 11 is 0. The minimum absolute atomic E-state index is 0.0516. The highest BCUT2D eigenvalue weighted by Crippen LogP contribution is 2.34. The van der Waals surface area contributed by atoms with E-state index in [-0.39, 0.29) is 11.6 Å². The topological polar surface area (TPSA) is 32.3 Å². The van der Waals surface area contributed by atoms with E-state index in [2.05, 4.69) is 17.3 Å². The summed E-state index contributed by atoms with van der Waals surface area (Å²) in [5, 5.41) is 2.90. The van der Waals surface area contributed by atoms with Gasteiger partial charge in [-0.25, -0.2) is 0 Å². The fourth-order valence-corrected chi connectivity index (χ4v) is 3.63. The summed E-state index contributed by atoms with van der Waals surface area (Å²) in [6.45, 7) is 0. The third-order valence-electron chi connectivity index (χ3n) is 4.89. The number of carbonyl (C=O) groups excluding carboxylic acids is 1. The molecular weight excluding hydrogens is 293 g/mol. The second-order valence-corrected chi connectivity index (χ2v) is 6.27. The lowest BCUT2D eigenvalue weighted by Gasteiger charge is -2.36. The van der Waals surface area contributed by atoms with Gasteiger partial charge in [0.2, 0.25) is 0 Å². The van der Waals surface area contributed by atoms with E-state index < -0.39 is 17.6 Å². The Bertz CT molecular complexity index is 559. The number of rotatable bonds is 2. The summed E-state index contributed by atoms with van der Waals surface area (Å²) in [4.78, 5) is 14.6. The predicted octanol–water partition coefficient (Wildman–Crippen LogP) is 3.06. The molecule has 0 unspecified atom stereocenters. The van der Waals surface area contributed by atoms with Gasteiger partial charge < -0.3 is 10.2 Å². The average molecular weight is 312 g/mol. The minimum atomic E-state index is -4.43. The molecule has 0 saturated carbocycles. The summed E-state index contributed by atoms with van der Waals surface area (Å²) in [7, 11) is 2.10. The van der Waals surface area contributed by atoms with Crippen LogP contribution in [0.3, 0.4) is 0 Å². The summed E-state index contributed by atoms with van der Waals surface area (Å²) in [5.41, 5.74) is -0.718. The lowest BCUT2D eigenvalue weighted by Crippen LogP contribution is -2.48. The largest absolute Gasteiger partial charge is 0.416 e. The molecule has 2 aliphatic heterocycles. The van der Waals surface area contributed by atoms with Gasteiger partial charge in [-0.3, -0.25) is 4.79 Å². The maximum Gasteiger partial charge on any atom is 0.416 e. The van der Waals surface area contributed by atoms with Crippen LogP contribution in [0.4, 0.5) is 13.2 Å². The van der Waals surface area contributed by atoms with Crippen molar-refractivity contribution in [3.8, 4) is 0 Å². The van der Waals surface area contributed by atoms with Crippen molar-refractivity contribution in [1.29, 1.82) is 0 Å². The fraction of sp³-hybridized carbons (Fsp3) is 0.562. The van der Waals surface area contributed by atoms with E-state index in [0.29, 0.717) is 12.1 Å². The Balaban J connectivity index is 1.68. The van der Waals surface area contributed by atoms with E-state index in [1.165, 1.54) is 12.1 Å². The van der Waals surface area contributed by atoms with Gasteiger partial charge in [0.25, 0.3) is 5.91 Å². The van der Waals surface area contributed by atoms with Crippen LogP contribution in [0.5, 0.6) is 0 Å². The summed E-state index contributed by atoms with van der Waals surface area (Å²) in [6, 6.07) is 5.60. The van der Waals surface area contributed by atoms with E-state index in [9.17, 15) is 18.0 Å². The van der Waals surface area contributed by atoms with Crippen LogP contribution in [0.15, 0.2) is 24.3 Å². The number of nitrogens with zero attached hydrogens (tertiary/aromatic N) is 1. The molecule has 0 spiro atoms. The van der Waals surface area contributed by atoms with Crippen LogP contribution >= 0.6 is 0 Å². The molecule has 1 aromatic carbocycles. The summed E-state index contributed by atoms with van der Waals surface area (Å²) in [5.74, 6) is -0.417. The third kappa shape index (κ3) is 2.97. The molecule has 2 bridgehead atoms. The molecular formula is C16H19F3N2O. The first-order valence-electron chi connectivity index (χ1n) is 7.54. The number of nitrogens with one attached hydrogen (secondary N) is 1. The van der Waals surface area contributed by atoms with E-state index in [4.69, 9.17) is 0 Å². The highest BCUT2D eigenvalue weighted by atomic mass is 19.4. The number of carbonyl (C=O) groups is 1. The molecule has 6 heteroatoms. The van der Waals surface area contributed by atoms with Crippen molar-refractivity contribution < 1.29 is 18.0 Å². The molecule has 2 fully saturated rings. The minimum Gasteiger partial charge on any atom is -0.349 e. The van der Waals surface area contributed by atoms with Crippen molar-refractivity contribution >= 4 is 5.91 Å². The van der Waals surface area contributed by atoms with E-state index in [1.54, 1.807) is 0 Å². The number of fused-ring (bicyclic) bond motifs is 2. The van der Waals surface area contributed by atoms with Crippen molar-refractivity contribution in [3.05, 3.63) is 35.4 Å². The van der Waals surface area contributed by atoms with Crippen LogP contribution in [0, 0.1) is 0 Å². The molecule has 1 N–H and O–H groups in total. The monoisotopic (exact) mass is 312 g/mol. The molecule has 2 saturated heterocycles. The van der Waals surface area contributed by atoms with Crippen molar-refractivity contribution in [2.24, 2.45) is 0 Å². The Morgan fingerprint density at radius 3 is 2.45 bits per heavy atom. The van der Waals surface area contributed by atoms with E-state index in [0.717, 1.165) is 37.8 Å². The van der Waals surface area contributed by atoms with Crippen molar-refractivity contribution in [3.63, 3.8) is 0 Å². The van der Waals surface area contributed by atoms with Gasteiger partial charge in [-0.2, -0.15) is 13.2 Å². The highest BCUT2D eigenvalue weighted by Gasteiger charge is 2.39. The Morgan fingerprint density at radius 1 is 1.23 bits per heavy atom. The quantitative estimate of drug-likeness (QED) is 0.910. The molecule has 0 aliphatic carbocycles. The molecule has 22 heavy (non-hydrogen) atoms. The lowest BCUT2D eigenvalue weighted by atomic mass is 9.97. The zero-order chi connectivity index (χ0) is 15.9. The number of benzene rings is 1. The highest BCUT2D eigenvalue weighted by molar-refractivity contribution is 5.94. The number of hydrogen-bond acceptors (Lipinski definition) is 2. The van der Waals surface area contributed by atoms with Crippen LogP contribution in [0.1, 0.15) is 41.6 Å². The van der Waals surface area contributed by atoms with Gasteiger partial charge in [-0.15, -0.1) is 0 Å². The van der Waals surface area contributed by atoms with Crippen molar-refractivity contribution in [2.45, 2.75) is 50.0 Å². The second-order valence-electron chi connectivity index (χ2n) is 6.27. The van der Waals surface area contributed by atoms with Gasteiger partial charge in [0.15, 0.2) is 0 Å². The SMILES string of the molecule is CN1[C@H]2CC[C@H]1CC(NC(=O)c1cccc(C(F)(F)F)c1)C2. The number of halogens is 3. The van der Waals surface area contributed by atoms with Gasteiger partial charge >= 0.3 is 6.18 Å². The molecule has 3 nitrogen and oxygen atoms in total. The zero-order valence-corrected chi connectivity index (χ0v) is 12.4. The zero-order valence-electron chi connectivity index (χ0n) is 12.4. The Hall–Kier alpha value is -1.56. The van der Waals surface area contributed by atoms with Crippen LogP contribution in [-0.2, 0) is 6.18 Å². The van der Waals surface area contributed by atoms with Crippen LogP contribution in [0.25, 0.3) is 0 Å². The third-order valence-corrected chi connectivity index (χ3v) is 4.89. The van der Waals surface area contributed by atoms with E-state index >= 15 is 0 Å². The smallest absolute Gasteiger partial charge is 0.349 e. The summed E-state index contributed by atoms with van der Waals surface area (Å²) in [6.07, 6.45) is -0.410. The number of hydrogen-bond donors (Lipinski definition) is 1. The first-order chi connectivity index (χ1) is 10.3. The number of alkyl halides is 3. The molecule has 0 aromatic heterocycles. The van der Waals surface area contributed by atoms with Crippen LogP contribution in [-0.4, -0.2) is 36.0 Å². The average Bonchev–Trinajstić information content (AvgIpc) is 2.69. The molecule has 2 aliphatic rings. The van der Waals surface area contributed by atoms with E-state index in [1.807, 2.05) is 0 Å². The van der Waals surface area contributed by atoms with Gasteiger partial charge in [0.1, 0.15) is 0 Å². The van der Waals surface area contributed by atoms with Gasteiger partial charge in [0.05, 0.1) is 5.56 Å². The van der Waals surface area contributed by atoms with Crippen molar-refractivity contribution in [2.75, 3.05) is 7.05 Å². The normalized spacial score (nSPS) is 28.6. The Morgan fingerprint density at radius 2 is 1.86 bits per heavy atom. The maximum atomic E-state index is 12.7. The molecule has 1 aromatic rings. The van der Waals surface area contributed by atoms with Gasteiger partial charge in [-0.1, -0.05) is 6.07 Å². The van der Waals surface area contributed by atoms with Gasteiger partial charge in [-0.05, 0) is 50.9 Å². The first kappa shape index (κ1) is 15.3. The fourth-order valence-electron chi connectivity index (χ4n) is 3.63. The second kappa shape index (κ2) is 5.57. The Labute approximate surface area is 127 Å². The predicted molar refractivity (Wildman–Crippen MR) is 76.5 cm³/mol.